The molecule has 3 rings (SSSR count). The van der Waals surface area contributed by atoms with Gasteiger partial charge in [0.1, 0.15) is 22.8 Å². The van der Waals surface area contributed by atoms with Gasteiger partial charge in [-0.15, -0.1) is 0 Å². The van der Waals surface area contributed by atoms with Crippen LogP contribution in [0.4, 0.5) is 14.5 Å². The number of fused-ring (bicyclic) bond motifs is 1. The Balaban J connectivity index is 0.00000166. The van der Waals surface area contributed by atoms with E-state index >= 15 is 0 Å². The van der Waals surface area contributed by atoms with Gasteiger partial charge in [0, 0.05) is 29.3 Å². The number of allylic oxidation sites excluding steroid dienone is 2. The van der Waals surface area contributed by atoms with Crippen molar-refractivity contribution < 1.29 is 17.7 Å². The van der Waals surface area contributed by atoms with E-state index in [1.54, 1.807) is 24.3 Å². The van der Waals surface area contributed by atoms with Crippen molar-refractivity contribution in [2.24, 2.45) is 0 Å². The van der Waals surface area contributed by atoms with Gasteiger partial charge in [-0.05, 0) is 37.1 Å². The van der Waals surface area contributed by atoms with Crippen LogP contribution in [-0.4, -0.2) is 21.1 Å². The van der Waals surface area contributed by atoms with E-state index in [1.807, 2.05) is 50.5 Å². The molecule has 0 radical (unpaired) electrons. The maximum absolute atomic E-state index is 12.7. The first-order valence-corrected chi connectivity index (χ1v) is 11.5. The predicted molar refractivity (Wildman–Crippen MR) is 122 cm³/mol. The average molecular weight is 448 g/mol. The molecule has 1 atom stereocenters. The maximum atomic E-state index is 12.7. The molecule has 166 valence electrons. The molecule has 5 nitrogen and oxygen atoms in total. The summed E-state index contributed by atoms with van der Waals surface area (Å²) in [5, 5.41) is 11.2. The van der Waals surface area contributed by atoms with E-state index in [1.165, 1.54) is 0 Å². The van der Waals surface area contributed by atoms with Crippen molar-refractivity contribution in [3.05, 3.63) is 52.2 Å². The summed E-state index contributed by atoms with van der Waals surface area (Å²) in [5.41, 5.74) is 2.74. The molecule has 2 aromatic rings. The quantitative estimate of drug-likeness (QED) is 0.690. The number of nitrogens with zero attached hydrogens (tertiary/aromatic N) is 2. The zero-order valence-corrected chi connectivity index (χ0v) is 18.9. The van der Waals surface area contributed by atoms with E-state index in [0.717, 1.165) is 11.3 Å². The number of nitrogens with one attached hydrogen (secondary N) is 1. The molecular weight excluding hydrogens is 420 g/mol. The van der Waals surface area contributed by atoms with Crippen molar-refractivity contribution in [3.63, 3.8) is 0 Å². The van der Waals surface area contributed by atoms with Crippen molar-refractivity contribution in [2.45, 2.75) is 47.3 Å². The number of benzene rings is 1. The minimum absolute atomic E-state index is 0.0832. The fraction of sp³-hybridized carbons (Fsp3) is 0.348. The van der Waals surface area contributed by atoms with Crippen molar-refractivity contribution in [2.75, 3.05) is 10.5 Å². The second-order valence-corrected chi connectivity index (χ2v) is 7.73. The van der Waals surface area contributed by atoms with Crippen molar-refractivity contribution in [1.82, 2.24) is 4.57 Å². The van der Waals surface area contributed by atoms with Gasteiger partial charge >= 0.3 is 6.61 Å². The van der Waals surface area contributed by atoms with E-state index in [-0.39, 0.29) is 5.76 Å². The number of hydrogen-bond donors (Lipinski definition) is 1. The summed E-state index contributed by atoms with van der Waals surface area (Å²) in [6, 6.07) is 9.58. The Morgan fingerprint density at radius 1 is 1.23 bits per heavy atom. The van der Waals surface area contributed by atoms with Gasteiger partial charge in [-0.3, -0.25) is 0 Å². The molecule has 1 unspecified atom stereocenters. The van der Waals surface area contributed by atoms with Crippen molar-refractivity contribution >= 4 is 28.8 Å². The first-order chi connectivity index (χ1) is 15.0. The fourth-order valence-electron chi connectivity index (χ4n) is 3.33. The normalized spacial score (nSPS) is 13.3. The summed E-state index contributed by atoms with van der Waals surface area (Å²) in [5.74, 6) is 0.577. The Kier molecular flexibility index (Phi) is 9.01. The highest BCUT2D eigenvalue weighted by Gasteiger charge is 2.18. The largest absolute Gasteiger partial charge is 0.435 e. The van der Waals surface area contributed by atoms with Crippen LogP contribution in [0.15, 0.2) is 36.1 Å². The van der Waals surface area contributed by atoms with Gasteiger partial charge in [0.15, 0.2) is 0 Å². The molecule has 1 N–H and O–H groups in total. The monoisotopic (exact) mass is 447 g/mol. The Morgan fingerprint density at radius 2 is 1.90 bits per heavy atom. The Bertz CT molecular complexity index is 1110. The zero-order valence-electron chi connectivity index (χ0n) is 18.1. The SMILES string of the molecule is CC.CCn1c(-c2ccc(NS(=O)CC)cc2)c(C#N)c2c1=CC(OC(F)F)=CCC=2. The summed E-state index contributed by atoms with van der Waals surface area (Å²) in [7, 11) is -1.15. The molecule has 0 fully saturated rings. The van der Waals surface area contributed by atoms with E-state index in [4.69, 9.17) is 0 Å². The number of aromatic nitrogens is 1. The number of rotatable bonds is 7. The molecule has 0 bridgehead atoms. The van der Waals surface area contributed by atoms with Gasteiger partial charge in [-0.1, -0.05) is 39.0 Å². The van der Waals surface area contributed by atoms with Gasteiger partial charge in [0.2, 0.25) is 0 Å². The molecule has 8 heteroatoms. The molecule has 31 heavy (non-hydrogen) atoms. The number of halogens is 2. The van der Waals surface area contributed by atoms with Crippen LogP contribution in [0.5, 0.6) is 0 Å². The third kappa shape index (κ3) is 5.61. The summed E-state index contributed by atoms with van der Waals surface area (Å²) in [4.78, 5) is 0. The molecule has 1 aliphatic rings. The zero-order chi connectivity index (χ0) is 23.0. The predicted octanol–water partition coefficient (Wildman–Crippen LogP) is 4.26. The highest BCUT2D eigenvalue weighted by Crippen LogP contribution is 2.24. The van der Waals surface area contributed by atoms with Crippen molar-refractivity contribution in [3.8, 4) is 17.3 Å². The first-order valence-electron chi connectivity index (χ1n) is 10.2. The van der Waals surface area contributed by atoms with Crippen LogP contribution in [0.1, 0.15) is 39.7 Å². The van der Waals surface area contributed by atoms with Crippen LogP contribution in [0.3, 0.4) is 0 Å². The van der Waals surface area contributed by atoms with Gasteiger partial charge in [0.05, 0.1) is 16.6 Å². The van der Waals surface area contributed by atoms with Gasteiger partial charge in [-0.2, -0.15) is 14.0 Å². The van der Waals surface area contributed by atoms with Crippen LogP contribution in [0, 0.1) is 11.3 Å². The Morgan fingerprint density at radius 3 is 2.45 bits per heavy atom. The lowest BCUT2D eigenvalue weighted by atomic mass is 10.1. The first kappa shape index (κ1) is 24.4. The van der Waals surface area contributed by atoms with Gasteiger partial charge in [-0.25, -0.2) is 4.21 Å². The molecule has 1 heterocycles. The lowest BCUT2D eigenvalue weighted by molar-refractivity contribution is -0.0904. The summed E-state index contributed by atoms with van der Waals surface area (Å²) < 4.78 is 46.5. The molecule has 0 saturated heterocycles. The number of alkyl halides is 2. The average Bonchev–Trinajstić information content (AvgIpc) is 2.92. The number of ether oxygens (including phenoxy) is 1. The Hall–Kier alpha value is -2.92. The van der Waals surface area contributed by atoms with E-state index in [0.29, 0.717) is 40.5 Å². The highest BCUT2D eigenvalue weighted by molar-refractivity contribution is 7.86. The molecule has 0 saturated carbocycles. The van der Waals surface area contributed by atoms with E-state index < -0.39 is 17.6 Å². The van der Waals surface area contributed by atoms with E-state index in [9.17, 15) is 18.3 Å². The van der Waals surface area contributed by atoms with Crippen molar-refractivity contribution in [1.29, 1.82) is 5.26 Å². The second-order valence-electron chi connectivity index (χ2n) is 6.26. The number of hydrogen-bond acceptors (Lipinski definition) is 3. The number of nitriles is 1. The van der Waals surface area contributed by atoms with Crippen LogP contribution in [0.2, 0.25) is 0 Å². The standard InChI is InChI=1S/C21H21F2N3O2S.C2H6/c1-3-26-19-12-16(28-21(22)23)6-5-7-17(19)18(13-24)20(26)14-8-10-15(11-9-14)25-29(27)4-2;1-2/h6-12,21,25H,3-5H2,1-2H3;1-2H3. The van der Waals surface area contributed by atoms with Gasteiger partial charge < -0.3 is 14.0 Å². The fourth-order valence-corrected chi connectivity index (χ4v) is 3.88. The highest BCUT2D eigenvalue weighted by atomic mass is 32.2. The summed E-state index contributed by atoms with van der Waals surface area (Å²) >= 11 is 0. The third-order valence-electron chi connectivity index (χ3n) is 4.57. The molecule has 1 aliphatic carbocycles. The lowest BCUT2D eigenvalue weighted by Crippen LogP contribution is -2.29. The molecular formula is C23H27F2N3O2S. The summed E-state index contributed by atoms with van der Waals surface area (Å²) in [6.45, 7) is 5.39. The van der Waals surface area contributed by atoms with Crippen LogP contribution >= 0.6 is 0 Å². The minimum atomic E-state index is -2.91. The minimum Gasteiger partial charge on any atom is -0.435 e. The summed E-state index contributed by atoms with van der Waals surface area (Å²) in [6.07, 6.45) is 5.36. The smallest absolute Gasteiger partial charge is 0.387 e. The molecule has 1 aromatic carbocycles. The van der Waals surface area contributed by atoms with Crippen LogP contribution in [0.25, 0.3) is 23.4 Å². The topological polar surface area (TPSA) is 67.0 Å². The van der Waals surface area contributed by atoms with Gasteiger partial charge in [0.25, 0.3) is 0 Å². The lowest BCUT2D eigenvalue weighted by Gasteiger charge is -2.10. The molecule has 0 amide bonds. The molecule has 0 aliphatic heterocycles. The Labute approximate surface area is 183 Å². The van der Waals surface area contributed by atoms with Crippen LogP contribution in [-0.2, 0) is 22.3 Å². The maximum Gasteiger partial charge on any atom is 0.387 e. The number of anilines is 1. The molecule has 1 aromatic heterocycles. The molecule has 0 spiro atoms. The van der Waals surface area contributed by atoms with Crippen LogP contribution < -0.4 is 15.3 Å². The van der Waals surface area contributed by atoms with E-state index in [2.05, 4.69) is 15.5 Å². The third-order valence-corrected chi connectivity index (χ3v) is 5.56. The second kappa shape index (κ2) is 11.5.